The van der Waals surface area contributed by atoms with Gasteiger partial charge < -0.3 is 14.5 Å². The maximum atomic E-state index is 12.7. The molecule has 1 amide bonds. The Morgan fingerprint density at radius 2 is 1.59 bits per heavy atom. The topological polar surface area (TPSA) is 36.0 Å². The van der Waals surface area contributed by atoms with Gasteiger partial charge in [0.1, 0.15) is 5.75 Å². The Balaban J connectivity index is 1.37. The lowest BCUT2D eigenvalue weighted by Crippen LogP contribution is -2.52. The minimum Gasteiger partial charge on any atom is -0.497 e. The van der Waals surface area contributed by atoms with Gasteiger partial charge in [0, 0.05) is 45.8 Å². The van der Waals surface area contributed by atoms with Crippen molar-refractivity contribution in [3.8, 4) is 5.75 Å². The first-order valence-corrected chi connectivity index (χ1v) is 10.4. The summed E-state index contributed by atoms with van der Waals surface area (Å²) in [7, 11) is 1.70. The molecule has 27 heavy (non-hydrogen) atoms. The zero-order chi connectivity index (χ0) is 19.2. The zero-order valence-electron chi connectivity index (χ0n) is 17.2. The third-order valence-electron chi connectivity index (χ3n) is 5.92. The van der Waals surface area contributed by atoms with Crippen molar-refractivity contribution in [2.24, 2.45) is 11.8 Å². The van der Waals surface area contributed by atoms with Gasteiger partial charge in [-0.1, -0.05) is 26.0 Å². The van der Waals surface area contributed by atoms with Crippen molar-refractivity contribution < 1.29 is 9.53 Å². The quantitative estimate of drug-likeness (QED) is 0.767. The lowest BCUT2D eigenvalue weighted by Gasteiger charge is -2.38. The first-order valence-electron chi connectivity index (χ1n) is 10.4. The van der Waals surface area contributed by atoms with E-state index in [4.69, 9.17) is 4.74 Å². The maximum absolute atomic E-state index is 12.7. The molecule has 0 saturated carbocycles. The zero-order valence-corrected chi connectivity index (χ0v) is 17.2. The lowest BCUT2D eigenvalue weighted by molar-refractivity contribution is -0.135. The molecule has 150 valence electrons. The lowest BCUT2D eigenvalue weighted by atomic mass is 9.92. The number of hydrogen-bond donors (Lipinski definition) is 0. The maximum Gasteiger partial charge on any atom is 0.236 e. The van der Waals surface area contributed by atoms with Crippen LogP contribution in [0.15, 0.2) is 24.3 Å². The average molecular weight is 374 g/mol. The molecule has 2 heterocycles. The predicted octanol–water partition coefficient (Wildman–Crippen LogP) is 2.36. The molecule has 5 nitrogen and oxygen atoms in total. The van der Waals surface area contributed by atoms with Crippen molar-refractivity contribution in [2.45, 2.75) is 26.7 Å². The molecule has 3 rings (SSSR count). The van der Waals surface area contributed by atoms with E-state index >= 15 is 0 Å². The monoisotopic (exact) mass is 373 g/mol. The normalized spacial score (nSPS) is 24.8. The molecular formula is C22H35N3O2. The van der Waals surface area contributed by atoms with Crippen LogP contribution in [0.3, 0.4) is 0 Å². The third-order valence-corrected chi connectivity index (χ3v) is 5.92. The number of piperidine rings is 1. The fourth-order valence-electron chi connectivity index (χ4n) is 4.41. The SMILES string of the molecule is COc1ccc(CCN2CCN(CC(=O)N3CC(C)CC(C)C3)CC2)cc1. The van der Waals surface area contributed by atoms with Crippen molar-refractivity contribution in [1.29, 1.82) is 0 Å². The fraction of sp³-hybridized carbons (Fsp3) is 0.682. The van der Waals surface area contributed by atoms with Gasteiger partial charge in [-0.2, -0.15) is 0 Å². The van der Waals surface area contributed by atoms with Crippen LogP contribution in [-0.4, -0.2) is 80.1 Å². The number of hydrogen-bond acceptors (Lipinski definition) is 4. The van der Waals surface area contributed by atoms with Gasteiger partial charge in [-0.05, 0) is 42.4 Å². The largest absolute Gasteiger partial charge is 0.497 e. The van der Waals surface area contributed by atoms with E-state index < -0.39 is 0 Å². The summed E-state index contributed by atoms with van der Waals surface area (Å²) in [6.45, 7) is 12.2. The third kappa shape index (κ3) is 5.94. The highest BCUT2D eigenvalue weighted by Crippen LogP contribution is 2.21. The van der Waals surface area contributed by atoms with Crippen molar-refractivity contribution in [3.63, 3.8) is 0 Å². The van der Waals surface area contributed by atoms with E-state index in [-0.39, 0.29) is 0 Å². The number of methoxy groups -OCH3 is 1. The van der Waals surface area contributed by atoms with Crippen LogP contribution in [0.1, 0.15) is 25.8 Å². The molecule has 0 N–H and O–H groups in total. The van der Waals surface area contributed by atoms with Gasteiger partial charge in [0.25, 0.3) is 0 Å². The molecule has 2 fully saturated rings. The predicted molar refractivity (Wildman–Crippen MR) is 109 cm³/mol. The highest BCUT2D eigenvalue weighted by atomic mass is 16.5. The number of rotatable bonds is 6. The molecule has 0 radical (unpaired) electrons. The summed E-state index contributed by atoms with van der Waals surface area (Å²) in [5.41, 5.74) is 1.35. The second kappa shape index (κ2) is 9.56. The molecule has 2 aliphatic heterocycles. The Morgan fingerprint density at radius 3 is 2.19 bits per heavy atom. The van der Waals surface area contributed by atoms with E-state index in [9.17, 15) is 4.79 Å². The summed E-state index contributed by atoms with van der Waals surface area (Å²) in [4.78, 5) is 19.6. The Hall–Kier alpha value is -1.59. The molecule has 2 saturated heterocycles. The van der Waals surface area contributed by atoms with Gasteiger partial charge in [0.2, 0.25) is 5.91 Å². The summed E-state index contributed by atoms with van der Waals surface area (Å²) in [5, 5.41) is 0. The second-order valence-corrected chi connectivity index (χ2v) is 8.46. The van der Waals surface area contributed by atoms with E-state index in [2.05, 4.69) is 40.7 Å². The molecule has 2 unspecified atom stereocenters. The highest BCUT2D eigenvalue weighted by molar-refractivity contribution is 5.78. The minimum absolute atomic E-state index is 0.320. The van der Waals surface area contributed by atoms with E-state index in [1.807, 2.05) is 12.1 Å². The van der Waals surface area contributed by atoms with Crippen LogP contribution in [0.25, 0.3) is 0 Å². The minimum atomic E-state index is 0.320. The molecule has 5 heteroatoms. The molecule has 1 aromatic rings. The smallest absolute Gasteiger partial charge is 0.236 e. The summed E-state index contributed by atoms with van der Waals surface area (Å²) >= 11 is 0. The number of piperazine rings is 1. The molecule has 1 aromatic carbocycles. The van der Waals surface area contributed by atoms with E-state index in [1.54, 1.807) is 7.11 Å². The van der Waals surface area contributed by atoms with Gasteiger partial charge in [-0.3, -0.25) is 9.69 Å². The highest BCUT2D eigenvalue weighted by Gasteiger charge is 2.27. The van der Waals surface area contributed by atoms with Crippen LogP contribution in [0.2, 0.25) is 0 Å². The number of likely N-dealkylation sites (tertiary alicyclic amines) is 1. The van der Waals surface area contributed by atoms with Crippen LogP contribution in [-0.2, 0) is 11.2 Å². The van der Waals surface area contributed by atoms with Crippen molar-refractivity contribution in [2.75, 3.05) is 59.5 Å². The molecule has 0 aliphatic carbocycles. The fourth-order valence-corrected chi connectivity index (χ4v) is 4.41. The summed E-state index contributed by atoms with van der Waals surface area (Å²) in [6.07, 6.45) is 2.31. The Bertz CT molecular complexity index is 586. The number of ether oxygens (including phenoxy) is 1. The van der Waals surface area contributed by atoms with Gasteiger partial charge in [0.15, 0.2) is 0 Å². The molecule has 0 aromatic heterocycles. The van der Waals surface area contributed by atoms with Crippen molar-refractivity contribution >= 4 is 5.91 Å². The number of carbonyl (C=O) groups is 1. The molecule has 0 bridgehead atoms. The van der Waals surface area contributed by atoms with Crippen LogP contribution in [0.4, 0.5) is 0 Å². The molecule has 0 spiro atoms. The molecular weight excluding hydrogens is 338 g/mol. The molecule has 2 aliphatic rings. The summed E-state index contributed by atoms with van der Waals surface area (Å²) in [6, 6.07) is 8.35. The van der Waals surface area contributed by atoms with Crippen LogP contribution >= 0.6 is 0 Å². The Labute approximate surface area is 164 Å². The van der Waals surface area contributed by atoms with Crippen molar-refractivity contribution in [1.82, 2.24) is 14.7 Å². The average Bonchev–Trinajstić information content (AvgIpc) is 2.67. The van der Waals surface area contributed by atoms with E-state index in [0.717, 1.165) is 58.0 Å². The number of benzene rings is 1. The number of carbonyl (C=O) groups excluding carboxylic acids is 1. The summed E-state index contributed by atoms with van der Waals surface area (Å²) in [5.74, 6) is 2.50. The number of amides is 1. The van der Waals surface area contributed by atoms with Gasteiger partial charge in [-0.15, -0.1) is 0 Å². The van der Waals surface area contributed by atoms with Gasteiger partial charge >= 0.3 is 0 Å². The Morgan fingerprint density at radius 1 is 1.00 bits per heavy atom. The van der Waals surface area contributed by atoms with Crippen LogP contribution < -0.4 is 4.74 Å². The van der Waals surface area contributed by atoms with Crippen LogP contribution in [0.5, 0.6) is 5.75 Å². The van der Waals surface area contributed by atoms with Gasteiger partial charge in [0.05, 0.1) is 13.7 Å². The standard InChI is InChI=1S/C22H35N3O2/c1-18-14-19(2)16-25(15-18)22(26)17-24-12-10-23(11-13-24)9-8-20-4-6-21(27-3)7-5-20/h4-7,18-19H,8-17H2,1-3H3. The second-order valence-electron chi connectivity index (χ2n) is 8.46. The van der Waals surface area contributed by atoms with Crippen LogP contribution in [0, 0.1) is 11.8 Å². The first kappa shape index (κ1) is 20.2. The number of nitrogens with zero attached hydrogens (tertiary/aromatic N) is 3. The van der Waals surface area contributed by atoms with E-state index in [0.29, 0.717) is 24.3 Å². The van der Waals surface area contributed by atoms with E-state index in [1.165, 1.54) is 12.0 Å². The Kier molecular flexibility index (Phi) is 7.13. The van der Waals surface area contributed by atoms with Crippen molar-refractivity contribution in [3.05, 3.63) is 29.8 Å². The molecule has 2 atom stereocenters. The summed E-state index contributed by atoms with van der Waals surface area (Å²) < 4.78 is 5.22. The first-order chi connectivity index (χ1) is 13.0. The van der Waals surface area contributed by atoms with Gasteiger partial charge in [-0.25, -0.2) is 0 Å².